The Labute approximate surface area is 79.1 Å². The molecule has 0 radical (unpaired) electrons. The molecule has 0 aliphatic carbocycles. The second-order valence-corrected chi connectivity index (χ2v) is 2.91. The van der Waals surface area contributed by atoms with Crippen LogP contribution in [0, 0.1) is 0 Å². The molecule has 1 heteroatoms. The molecule has 0 amide bonds. The fraction of sp³-hybridized carbons (Fsp3) is 0.250. The van der Waals surface area contributed by atoms with Crippen molar-refractivity contribution in [2.45, 2.75) is 19.3 Å². The van der Waals surface area contributed by atoms with E-state index in [1.165, 1.54) is 5.56 Å². The van der Waals surface area contributed by atoms with Crippen molar-refractivity contribution in [2.75, 3.05) is 0 Å². The van der Waals surface area contributed by atoms with Crippen LogP contribution in [0.4, 0.5) is 0 Å². The molecule has 0 saturated carbocycles. The molecule has 0 bridgehead atoms. The number of allylic oxidation sites excluding steroid dienone is 2. The van der Waals surface area contributed by atoms with Gasteiger partial charge in [0.1, 0.15) is 6.29 Å². The van der Waals surface area contributed by atoms with Crippen LogP contribution in [-0.4, -0.2) is 6.29 Å². The number of carbonyl (C=O) groups excluding carboxylic acids is 1. The fourth-order valence-corrected chi connectivity index (χ4v) is 1.12. The van der Waals surface area contributed by atoms with Crippen molar-refractivity contribution in [1.29, 1.82) is 0 Å². The van der Waals surface area contributed by atoms with E-state index in [9.17, 15) is 4.79 Å². The smallest absolute Gasteiger partial charge is 0.120 e. The number of aldehydes is 1. The predicted molar refractivity (Wildman–Crippen MR) is 54.6 cm³/mol. The molecule has 1 rings (SSSR count). The minimum Gasteiger partial charge on any atom is -0.303 e. The Kier molecular flexibility index (Phi) is 4.62. The number of carbonyl (C=O) groups is 1. The maximum absolute atomic E-state index is 10.0. The third kappa shape index (κ3) is 4.26. The van der Waals surface area contributed by atoms with E-state index in [2.05, 4.69) is 24.3 Å². The van der Waals surface area contributed by atoms with Crippen LogP contribution < -0.4 is 0 Å². The van der Waals surface area contributed by atoms with Crippen molar-refractivity contribution in [3.63, 3.8) is 0 Å². The zero-order valence-electron chi connectivity index (χ0n) is 7.65. The summed E-state index contributed by atoms with van der Waals surface area (Å²) in [7, 11) is 0. The van der Waals surface area contributed by atoms with Crippen LogP contribution in [0.3, 0.4) is 0 Å². The van der Waals surface area contributed by atoms with E-state index in [0.29, 0.717) is 6.42 Å². The molecule has 0 aliphatic rings. The first-order valence-corrected chi connectivity index (χ1v) is 4.56. The third-order valence-electron chi connectivity index (χ3n) is 1.81. The van der Waals surface area contributed by atoms with Gasteiger partial charge in [-0.25, -0.2) is 0 Å². The normalized spacial score (nSPS) is 10.5. The molecule has 0 aliphatic heterocycles. The topological polar surface area (TPSA) is 17.1 Å². The highest BCUT2D eigenvalue weighted by molar-refractivity contribution is 5.49. The molecular weight excluding hydrogens is 160 g/mol. The monoisotopic (exact) mass is 174 g/mol. The van der Waals surface area contributed by atoms with E-state index in [1.807, 2.05) is 18.2 Å². The summed E-state index contributed by atoms with van der Waals surface area (Å²) in [5.74, 6) is 0. The van der Waals surface area contributed by atoms with Crippen molar-refractivity contribution in [3.05, 3.63) is 48.0 Å². The Morgan fingerprint density at radius 3 is 2.46 bits per heavy atom. The van der Waals surface area contributed by atoms with Gasteiger partial charge in [0.15, 0.2) is 0 Å². The molecule has 0 spiro atoms. The molecule has 0 N–H and O–H groups in total. The van der Waals surface area contributed by atoms with Crippen molar-refractivity contribution in [3.8, 4) is 0 Å². The average molecular weight is 174 g/mol. The van der Waals surface area contributed by atoms with E-state index < -0.39 is 0 Å². The summed E-state index contributed by atoms with van der Waals surface area (Å²) < 4.78 is 0. The maximum atomic E-state index is 10.0. The minimum absolute atomic E-state index is 0.630. The van der Waals surface area contributed by atoms with Crippen LogP contribution >= 0.6 is 0 Å². The first-order valence-electron chi connectivity index (χ1n) is 4.56. The van der Waals surface area contributed by atoms with Gasteiger partial charge in [-0.3, -0.25) is 0 Å². The van der Waals surface area contributed by atoms with Crippen molar-refractivity contribution >= 4 is 6.29 Å². The average Bonchev–Trinajstić information content (AvgIpc) is 2.19. The van der Waals surface area contributed by atoms with Crippen LogP contribution in [0.1, 0.15) is 18.4 Å². The molecule has 1 aromatic carbocycles. The second kappa shape index (κ2) is 6.18. The van der Waals surface area contributed by atoms with Gasteiger partial charge >= 0.3 is 0 Å². The van der Waals surface area contributed by atoms with Crippen molar-refractivity contribution in [2.24, 2.45) is 0 Å². The van der Waals surface area contributed by atoms with Crippen LogP contribution in [-0.2, 0) is 11.2 Å². The Bertz CT molecular complexity index is 262. The molecule has 1 aromatic rings. The molecule has 0 heterocycles. The van der Waals surface area contributed by atoms with E-state index in [-0.39, 0.29) is 0 Å². The van der Waals surface area contributed by atoms with Gasteiger partial charge in [-0.05, 0) is 18.4 Å². The molecular formula is C12H14O. The highest BCUT2D eigenvalue weighted by Crippen LogP contribution is 2.00. The summed E-state index contributed by atoms with van der Waals surface area (Å²) in [6.45, 7) is 0. The summed E-state index contributed by atoms with van der Waals surface area (Å²) in [6, 6.07) is 10.3. The number of rotatable bonds is 5. The third-order valence-corrected chi connectivity index (χ3v) is 1.81. The van der Waals surface area contributed by atoms with E-state index in [1.54, 1.807) is 0 Å². The molecule has 1 nitrogen and oxygen atoms in total. The summed E-state index contributed by atoms with van der Waals surface area (Å²) in [5, 5.41) is 0. The zero-order chi connectivity index (χ0) is 9.36. The minimum atomic E-state index is 0.630. The molecule has 0 fully saturated rings. The lowest BCUT2D eigenvalue weighted by Crippen LogP contribution is -1.78. The number of unbranched alkanes of at least 4 members (excludes halogenated alkanes) is 1. The molecule has 0 atom stereocenters. The van der Waals surface area contributed by atoms with Crippen LogP contribution in [0.15, 0.2) is 42.5 Å². The van der Waals surface area contributed by atoms with Gasteiger partial charge in [0.2, 0.25) is 0 Å². The quantitative estimate of drug-likeness (QED) is 0.381. The molecule has 0 unspecified atom stereocenters. The van der Waals surface area contributed by atoms with Gasteiger partial charge in [-0.1, -0.05) is 42.5 Å². The highest BCUT2D eigenvalue weighted by Gasteiger charge is 1.85. The van der Waals surface area contributed by atoms with Crippen molar-refractivity contribution < 1.29 is 4.79 Å². The Morgan fingerprint density at radius 2 is 1.77 bits per heavy atom. The second-order valence-electron chi connectivity index (χ2n) is 2.91. The van der Waals surface area contributed by atoms with Gasteiger partial charge in [-0.15, -0.1) is 0 Å². The predicted octanol–water partition coefficient (Wildman–Crippen LogP) is 2.76. The molecule has 13 heavy (non-hydrogen) atoms. The van der Waals surface area contributed by atoms with Gasteiger partial charge in [-0.2, -0.15) is 0 Å². The van der Waals surface area contributed by atoms with E-state index in [4.69, 9.17) is 0 Å². The summed E-state index contributed by atoms with van der Waals surface area (Å²) in [4.78, 5) is 10.0. The molecule has 0 aromatic heterocycles. The van der Waals surface area contributed by atoms with Gasteiger partial charge in [0.05, 0.1) is 0 Å². The Morgan fingerprint density at radius 1 is 1.00 bits per heavy atom. The maximum Gasteiger partial charge on any atom is 0.120 e. The lowest BCUT2D eigenvalue weighted by Gasteiger charge is -1.93. The fourth-order valence-electron chi connectivity index (χ4n) is 1.12. The number of benzene rings is 1. The van der Waals surface area contributed by atoms with E-state index >= 15 is 0 Å². The SMILES string of the molecule is O=CCC/C=C/Cc1ccccc1. The summed E-state index contributed by atoms with van der Waals surface area (Å²) in [6.07, 6.45) is 7.56. The van der Waals surface area contributed by atoms with Crippen LogP contribution in [0.5, 0.6) is 0 Å². The van der Waals surface area contributed by atoms with Gasteiger partial charge in [0, 0.05) is 6.42 Å². The van der Waals surface area contributed by atoms with Gasteiger partial charge in [0.25, 0.3) is 0 Å². The number of hydrogen-bond donors (Lipinski definition) is 0. The standard InChI is InChI=1S/C12H14O/c13-11-7-2-1-4-8-12-9-5-3-6-10-12/h1,3-6,9-11H,2,7-8H2/b4-1+. The van der Waals surface area contributed by atoms with Crippen LogP contribution in [0.25, 0.3) is 0 Å². The highest BCUT2D eigenvalue weighted by atomic mass is 16.1. The molecule has 68 valence electrons. The molecule has 0 saturated heterocycles. The lowest BCUT2D eigenvalue weighted by atomic mass is 10.1. The zero-order valence-corrected chi connectivity index (χ0v) is 7.65. The number of hydrogen-bond acceptors (Lipinski definition) is 1. The van der Waals surface area contributed by atoms with Crippen molar-refractivity contribution in [1.82, 2.24) is 0 Å². The van der Waals surface area contributed by atoms with E-state index in [0.717, 1.165) is 19.1 Å². The van der Waals surface area contributed by atoms with Gasteiger partial charge < -0.3 is 4.79 Å². The first kappa shape index (κ1) is 9.72. The lowest BCUT2D eigenvalue weighted by molar-refractivity contribution is -0.107. The van der Waals surface area contributed by atoms with Crippen LogP contribution in [0.2, 0.25) is 0 Å². The Hall–Kier alpha value is -1.37. The largest absolute Gasteiger partial charge is 0.303 e. The summed E-state index contributed by atoms with van der Waals surface area (Å²) in [5.41, 5.74) is 1.31. The first-order chi connectivity index (χ1) is 6.43. The Balaban J connectivity index is 2.26. The summed E-state index contributed by atoms with van der Waals surface area (Å²) >= 11 is 0.